The number of amides is 1. The molecule has 6 heteroatoms. The van der Waals surface area contributed by atoms with E-state index in [2.05, 4.69) is 5.32 Å². The zero-order valence-electron chi connectivity index (χ0n) is 14.7. The Kier molecular flexibility index (Phi) is 6.65. The van der Waals surface area contributed by atoms with E-state index in [0.29, 0.717) is 17.6 Å². The van der Waals surface area contributed by atoms with Gasteiger partial charge in [-0.25, -0.2) is 0 Å². The topological polar surface area (TPSA) is 44.7 Å². The van der Waals surface area contributed by atoms with E-state index in [1.807, 2.05) is 36.2 Å². The van der Waals surface area contributed by atoms with Crippen molar-refractivity contribution in [3.8, 4) is 0 Å². The Morgan fingerprint density at radius 3 is 2.60 bits per heavy atom. The summed E-state index contributed by atoms with van der Waals surface area (Å²) in [4.78, 5) is 19.5. The van der Waals surface area contributed by atoms with Crippen LogP contribution in [0.3, 0.4) is 0 Å². The second-order valence-electron chi connectivity index (χ2n) is 6.84. The van der Waals surface area contributed by atoms with E-state index in [1.165, 1.54) is 38.5 Å². The number of benzene rings is 1. The molecule has 1 N–H and O–H groups in total. The fraction of sp³-hybridized carbons (Fsp3) is 0.579. The van der Waals surface area contributed by atoms with E-state index in [4.69, 9.17) is 16.6 Å². The third kappa shape index (κ3) is 5.14. The SMILES string of the molecule is CN1C(=NC2CCCCCC2)SCC1C(=O)NCc1ccc(Cl)cc1. The fourth-order valence-electron chi connectivity index (χ4n) is 3.33. The van der Waals surface area contributed by atoms with Gasteiger partial charge in [0, 0.05) is 24.4 Å². The number of hydrogen-bond donors (Lipinski definition) is 1. The van der Waals surface area contributed by atoms with Crippen molar-refractivity contribution in [3.05, 3.63) is 34.9 Å². The van der Waals surface area contributed by atoms with Gasteiger partial charge >= 0.3 is 0 Å². The molecule has 2 fully saturated rings. The molecule has 0 radical (unpaired) electrons. The van der Waals surface area contributed by atoms with Crippen molar-refractivity contribution in [2.45, 2.75) is 57.2 Å². The second kappa shape index (κ2) is 8.95. The number of amidine groups is 1. The van der Waals surface area contributed by atoms with E-state index >= 15 is 0 Å². The van der Waals surface area contributed by atoms with Gasteiger partial charge in [0.1, 0.15) is 6.04 Å². The Bertz CT molecular complexity index is 612. The van der Waals surface area contributed by atoms with Gasteiger partial charge in [0.2, 0.25) is 5.91 Å². The summed E-state index contributed by atoms with van der Waals surface area (Å²) in [5.41, 5.74) is 1.05. The van der Waals surface area contributed by atoms with Crippen molar-refractivity contribution in [2.24, 2.45) is 4.99 Å². The molecule has 1 heterocycles. The monoisotopic (exact) mass is 379 g/mol. The standard InChI is InChI=1S/C19H26ClN3OS/c1-23-17(18(24)21-12-14-8-10-15(20)11-9-14)13-25-19(23)22-16-6-4-2-3-5-7-16/h8-11,16-17H,2-7,12-13H2,1H3,(H,21,24). The number of carbonyl (C=O) groups excluding carboxylic acids is 1. The Hall–Kier alpha value is -1.20. The van der Waals surface area contributed by atoms with Gasteiger partial charge in [-0.15, -0.1) is 0 Å². The van der Waals surface area contributed by atoms with E-state index < -0.39 is 0 Å². The predicted molar refractivity (Wildman–Crippen MR) is 106 cm³/mol. The largest absolute Gasteiger partial charge is 0.350 e. The number of thioether (sulfide) groups is 1. The zero-order valence-corrected chi connectivity index (χ0v) is 16.3. The van der Waals surface area contributed by atoms with Crippen molar-refractivity contribution in [1.29, 1.82) is 0 Å². The van der Waals surface area contributed by atoms with E-state index in [9.17, 15) is 4.79 Å². The molecule has 1 unspecified atom stereocenters. The Morgan fingerprint density at radius 1 is 1.24 bits per heavy atom. The highest BCUT2D eigenvalue weighted by molar-refractivity contribution is 8.14. The van der Waals surface area contributed by atoms with Gasteiger partial charge in [0.15, 0.2) is 5.17 Å². The molecule has 1 aromatic rings. The van der Waals surface area contributed by atoms with Crippen LogP contribution in [-0.2, 0) is 11.3 Å². The van der Waals surface area contributed by atoms with Gasteiger partial charge in [0.05, 0.1) is 6.04 Å². The first kappa shape index (κ1) is 18.6. The molecule has 1 saturated carbocycles. The zero-order chi connectivity index (χ0) is 17.6. The third-order valence-corrected chi connectivity index (χ3v) is 6.33. The maximum absolute atomic E-state index is 12.5. The van der Waals surface area contributed by atoms with Crippen LogP contribution in [0.5, 0.6) is 0 Å². The summed E-state index contributed by atoms with van der Waals surface area (Å²) >= 11 is 7.60. The highest BCUT2D eigenvalue weighted by Crippen LogP contribution is 2.26. The third-order valence-electron chi connectivity index (χ3n) is 4.94. The maximum atomic E-state index is 12.5. The Morgan fingerprint density at radius 2 is 1.92 bits per heavy atom. The molecule has 1 aromatic carbocycles. The maximum Gasteiger partial charge on any atom is 0.243 e. The molecule has 136 valence electrons. The highest BCUT2D eigenvalue weighted by atomic mass is 35.5. The summed E-state index contributed by atoms with van der Waals surface area (Å²) in [7, 11) is 1.99. The summed E-state index contributed by atoms with van der Waals surface area (Å²) in [5.74, 6) is 0.838. The van der Waals surface area contributed by atoms with Crippen LogP contribution in [-0.4, -0.2) is 40.9 Å². The Labute approximate surface area is 159 Å². The van der Waals surface area contributed by atoms with Crippen molar-refractivity contribution in [1.82, 2.24) is 10.2 Å². The van der Waals surface area contributed by atoms with Crippen LogP contribution in [0.25, 0.3) is 0 Å². The first-order valence-electron chi connectivity index (χ1n) is 9.09. The molecular formula is C19H26ClN3OS. The van der Waals surface area contributed by atoms with Gasteiger partial charge in [-0.3, -0.25) is 9.79 Å². The number of nitrogens with zero attached hydrogens (tertiary/aromatic N) is 2. The van der Waals surface area contributed by atoms with Crippen molar-refractivity contribution in [2.75, 3.05) is 12.8 Å². The van der Waals surface area contributed by atoms with Crippen LogP contribution in [0.15, 0.2) is 29.3 Å². The lowest BCUT2D eigenvalue weighted by atomic mass is 10.1. The predicted octanol–water partition coefficient (Wildman–Crippen LogP) is 4.08. The molecule has 1 amide bonds. The van der Waals surface area contributed by atoms with Crippen LogP contribution < -0.4 is 5.32 Å². The lowest BCUT2D eigenvalue weighted by molar-refractivity contribution is -0.124. The molecule has 1 atom stereocenters. The smallest absolute Gasteiger partial charge is 0.243 e. The first-order valence-corrected chi connectivity index (χ1v) is 10.5. The van der Waals surface area contributed by atoms with Crippen LogP contribution in [0, 0.1) is 0 Å². The van der Waals surface area contributed by atoms with Crippen LogP contribution in [0.4, 0.5) is 0 Å². The van der Waals surface area contributed by atoms with Crippen LogP contribution in [0.1, 0.15) is 44.1 Å². The molecule has 25 heavy (non-hydrogen) atoms. The molecule has 4 nitrogen and oxygen atoms in total. The van der Waals surface area contributed by atoms with E-state index in [0.717, 1.165) is 16.5 Å². The van der Waals surface area contributed by atoms with Gasteiger partial charge in [-0.2, -0.15) is 0 Å². The van der Waals surface area contributed by atoms with Crippen molar-refractivity contribution >= 4 is 34.4 Å². The van der Waals surface area contributed by atoms with E-state index in [-0.39, 0.29) is 11.9 Å². The van der Waals surface area contributed by atoms with E-state index in [1.54, 1.807) is 11.8 Å². The molecule has 0 spiro atoms. The highest BCUT2D eigenvalue weighted by Gasteiger charge is 2.33. The first-order chi connectivity index (χ1) is 12.1. The van der Waals surface area contributed by atoms with Gasteiger partial charge in [-0.05, 0) is 30.5 Å². The number of rotatable bonds is 4. The van der Waals surface area contributed by atoms with Gasteiger partial charge < -0.3 is 10.2 Å². The summed E-state index contributed by atoms with van der Waals surface area (Å²) in [6.45, 7) is 0.528. The summed E-state index contributed by atoms with van der Waals surface area (Å²) in [6.07, 6.45) is 7.60. The number of likely N-dealkylation sites (N-methyl/N-ethyl adjacent to an activating group) is 1. The molecule has 3 rings (SSSR count). The quantitative estimate of drug-likeness (QED) is 0.801. The number of aliphatic imine (C=N–C) groups is 1. The average Bonchev–Trinajstić information content (AvgIpc) is 2.81. The molecule has 1 saturated heterocycles. The molecule has 0 aromatic heterocycles. The molecule has 1 aliphatic heterocycles. The molecular weight excluding hydrogens is 354 g/mol. The fourth-order valence-corrected chi connectivity index (χ4v) is 4.70. The van der Waals surface area contributed by atoms with Gasteiger partial charge in [-0.1, -0.05) is 61.2 Å². The second-order valence-corrected chi connectivity index (χ2v) is 8.26. The van der Waals surface area contributed by atoms with Crippen LogP contribution >= 0.6 is 23.4 Å². The summed E-state index contributed by atoms with van der Waals surface area (Å²) in [5, 5.41) is 4.77. The Balaban J connectivity index is 1.54. The number of nitrogens with one attached hydrogen (secondary N) is 1. The number of halogens is 1. The lowest BCUT2D eigenvalue weighted by Gasteiger charge is -2.21. The minimum Gasteiger partial charge on any atom is -0.350 e. The summed E-state index contributed by atoms with van der Waals surface area (Å²) in [6, 6.07) is 7.87. The van der Waals surface area contributed by atoms with Crippen molar-refractivity contribution in [3.63, 3.8) is 0 Å². The minimum atomic E-state index is -0.137. The van der Waals surface area contributed by atoms with Gasteiger partial charge in [0.25, 0.3) is 0 Å². The van der Waals surface area contributed by atoms with Crippen LogP contribution in [0.2, 0.25) is 5.02 Å². The normalized spacial score (nSPS) is 23.7. The average molecular weight is 380 g/mol. The van der Waals surface area contributed by atoms with Crippen molar-refractivity contribution < 1.29 is 4.79 Å². The molecule has 2 aliphatic rings. The number of carbonyl (C=O) groups is 1. The summed E-state index contributed by atoms with van der Waals surface area (Å²) < 4.78 is 0. The molecule has 0 bridgehead atoms. The minimum absolute atomic E-state index is 0.0658. The number of hydrogen-bond acceptors (Lipinski definition) is 3. The molecule has 1 aliphatic carbocycles. The lowest BCUT2D eigenvalue weighted by Crippen LogP contribution is -2.44.